The summed E-state index contributed by atoms with van der Waals surface area (Å²) >= 11 is 0. The van der Waals surface area contributed by atoms with E-state index in [-0.39, 0.29) is 0 Å². The molecule has 0 aliphatic heterocycles. The summed E-state index contributed by atoms with van der Waals surface area (Å²) in [7, 11) is 0. The van der Waals surface area contributed by atoms with Gasteiger partial charge in [-0.05, 0) is 6.92 Å². The maximum Gasteiger partial charge on any atom is 0.342 e. The molecule has 0 spiro atoms. The summed E-state index contributed by atoms with van der Waals surface area (Å²) in [6, 6.07) is 0. The summed E-state index contributed by atoms with van der Waals surface area (Å²) in [5.74, 6) is -3.59. The molecule has 0 bridgehead atoms. The number of hydrogen-bond acceptors (Lipinski definition) is 5. The van der Waals surface area contributed by atoms with Crippen molar-refractivity contribution in [2.24, 2.45) is 0 Å². The molecular weight excluding hydrogens is 180 g/mol. The van der Waals surface area contributed by atoms with Crippen molar-refractivity contribution < 1.29 is 29.3 Å². The van der Waals surface area contributed by atoms with Gasteiger partial charge in [0.15, 0.2) is 0 Å². The van der Waals surface area contributed by atoms with E-state index in [2.05, 4.69) is 4.74 Å². The van der Waals surface area contributed by atoms with Crippen LogP contribution in [0.5, 0.6) is 0 Å². The number of rotatable bonds is 3. The molecule has 0 aliphatic carbocycles. The van der Waals surface area contributed by atoms with Crippen LogP contribution in [0.3, 0.4) is 0 Å². The molecule has 0 heterocycles. The van der Waals surface area contributed by atoms with Crippen molar-refractivity contribution in [1.29, 1.82) is 0 Å². The molecule has 0 rings (SSSR count). The molecular formula is C7H8O6. The molecule has 1 unspecified atom stereocenters. The highest BCUT2D eigenvalue weighted by atomic mass is 16.6. The van der Waals surface area contributed by atoms with Crippen LogP contribution in [0.15, 0.2) is 12.2 Å². The highest BCUT2D eigenvalue weighted by molar-refractivity contribution is 5.96. The second-order valence-corrected chi connectivity index (χ2v) is 2.09. The van der Waals surface area contributed by atoms with E-state index < -0.39 is 24.0 Å². The SMILES string of the molecule is CC(O)C(=O)OC(=O)/C=C/C(=O)O. The molecule has 13 heavy (non-hydrogen) atoms. The van der Waals surface area contributed by atoms with Crippen molar-refractivity contribution in [1.82, 2.24) is 0 Å². The van der Waals surface area contributed by atoms with E-state index in [1.54, 1.807) is 0 Å². The van der Waals surface area contributed by atoms with Crippen molar-refractivity contribution in [3.63, 3.8) is 0 Å². The van der Waals surface area contributed by atoms with Crippen molar-refractivity contribution in [3.05, 3.63) is 12.2 Å². The molecule has 6 heteroatoms. The summed E-state index contributed by atoms with van der Waals surface area (Å²) in [5, 5.41) is 16.7. The second-order valence-electron chi connectivity index (χ2n) is 2.09. The molecule has 0 radical (unpaired) electrons. The summed E-state index contributed by atoms with van der Waals surface area (Å²) < 4.78 is 3.98. The van der Waals surface area contributed by atoms with Crippen molar-refractivity contribution in [2.75, 3.05) is 0 Å². The van der Waals surface area contributed by atoms with Gasteiger partial charge in [0, 0.05) is 12.2 Å². The van der Waals surface area contributed by atoms with Gasteiger partial charge >= 0.3 is 17.9 Å². The summed E-state index contributed by atoms with van der Waals surface area (Å²) in [6.07, 6.45) is -0.317. The molecule has 0 saturated carbocycles. The predicted molar refractivity (Wildman–Crippen MR) is 39.6 cm³/mol. The van der Waals surface area contributed by atoms with Crippen LogP contribution in [0, 0.1) is 0 Å². The lowest BCUT2D eigenvalue weighted by Gasteiger charge is -2.00. The Hall–Kier alpha value is -1.69. The van der Waals surface area contributed by atoms with Gasteiger partial charge < -0.3 is 14.9 Å². The summed E-state index contributed by atoms with van der Waals surface area (Å²) in [4.78, 5) is 31.0. The van der Waals surface area contributed by atoms with E-state index in [0.29, 0.717) is 12.2 Å². The molecule has 0 aliphatic rings. The minimum Gasteiger partial charge on any atom is -0.478 e. The fraction of sp³-hybridized carbons (Fsp3) is 0.286. The Morgan fingerprint density at radius 1 is 1.31 bits per heavy atom. The van der Waals surface area contributed by atoms with Gasteiger partial charge in [0.05, 0.1) is 0 Å². The Kier molecular flexibility index (Phi) is 4.39. The predicted octanol–water partition coefficient (Wildman–Crippen LogP) is -0.922. The zero-order valence-corrected chi connectivity index (χ0v) is 6.76. The Labute approximate surface area is 73.4 Å². The minimum atomic E-state index is -1.41. The molecule has 0 fully saturated rings. The third kappa shape index (κ3) is 5.57. The smallest absolute Gasteiger partial charge is 0.342 e. The summed E-state index contributed by atoms with van der Waals surface area (Å²) in [6.45, 7) is 1.12. The van der Waals surface area contributed by atoms with Crippen LogP contribution in [0.2, 0.25) is 0 Å². The van der Waals surface area contributed by atoms with Crippen LogP contribution in [-0.4, -0.2) is 34.2 Å². The fourth-order valence-electron chi connectivity index (χ4n) is 0.358. The maximum atomic E-state index is 10.6. The normalized spacial score (nSPS) is 12.5. The van der Waals surface area contributed by atoms with Gasteiger partial charge in [-0.2, -0.15) is 0 Å². The third-order valence-electron chi connectivity index (χ3n) is 0.904. The van der Waals surface area contributed by atoms with E-state index in [4.69, 9.17) is 10.2 Å². The van der Waals surface area contributed by atoms with E-state index >= 15 is 0 Å². The molecule has 0 saturated heterocycles. The first-order valence-corrected chi connectivity index (χ1v) is 3.28. The van der Waals surface area contributed by atoms with Crippen molar-refractivity contribution in [2.45, 2.75) is 13.0 Å². The second kappa shape index (κ2) is 5.04. The number of ether oxygens (including phenoxy) is 1. The zero-order chi connectivity index (χ0) is 10.4. The first-order chi connectivity index (χ1) is 5.93. The molecule has 0 aromatic heterocycles. The minimum absolute atomic E-state index is 0.525. The largest absolute Gasteiger partial charge is 0.478 e. The highest BCUT2D eigenvalue weighted by Crippen LogP contribution is 1.89. The Bertz CT molecular complexity index is 252. The fourth-order valence-corrected chi connectivity index (χ4v) is 0.358. The highest BCUT2D eigenvalue weighted by Gasteiger charge is 2.13. The van der Waals surface area contributed by atoms with Gasteiger partial charge in [-0.3, -0.25) is 0 Å². The molecule has 72 valence electrons. The molecule has 1 atom stereocenters. The van der Waals surface area contributed by atoms with E-state index in [1.165, 1.54) is 0 Å². The van der Waals surface area contributed by atoms with Gasteiger partial charge in [-0.15, -0.1) is 0 Å². The van der Waals surface area contributed by atoms with Gasteiger partial charge in [0.2, 0.25) is 0 Å². The van der Waals surface area contributed by atoms with Crippen LogP contribution in [-0.2, 0) is 19.1 Å². The Morgan fingerprint density at radius 3 is 2.23 bits per heavy atom. The number of carboxylic acid groups (broad SMARTS) is 1. The maximum absolute atomic E-state index is 10.6. The van der Waals surface area contributed by atoms with Crippen LogP contribution in [0.4, 0.5) is 0 Å². The van der Waals surface area contributed by atoms with Gasteiger partial charge in [-0.1, -0.05) is 0 Å². The number of aliphatic hydroxyl groups is 1. The Morgan fingerprint density at radius 2 is 1.85 bits per heavy atom. The van der Waals surface area contributed by atoms with Crippen LogP contribution in [0.25, 0.3) is 0 Å². The molecule has 6 nitrogen and oxygen atoms in total. The monoisotopic (exact) mass is 188 g/mol. The summed E-state index contributed by atoms with van der Waals surface area (Å²) in [5.41, 5.74) is 0. The van der Waals surface area contributed by atoms with E-state index in [1.807, 2.05) is 0 Å². The quantitative estimate of drug-likeness (QED) is 0.337. The lowest BCUT2D eigenvalue weighted by Crippen LogP contribution is -2.21. The lowest BCUT2D eigenvalue weighted by atomic mass is 10.4. The number of carboxylic acids is 1. The molecule has 2 N–H and O–H groups in total. The molecule has 0 aromatic carbocycles. The van der Waals surface area contributed by atoms with E-state index in [9.17, 15) is 14.4 Å². The number of hydrogen-bond donors (Lipinski definition) is 2. The van der Waals surface area contributed by atoms with Crippen molar-refractivity contribution >= 4 is 17.9 Å². The Balaban J connectivity index is 4.02. The molecule has 0 amide bonds. The van der Waals surface area contributed by atoms with Crippen LogP contribution < -0.4 is 0 Å². The van der Waals surface area contributed by atoms with Gasteiger partial charge in [0.25, 0.3) is 0 Å². The van der Waals surface area contributed by atoms with Crippen LogP contribution >= 0.6 is 0 Å². The first kappa shape index (κ1) is 11.3. The van der Waals surface area contributed by atoms with Crippen LogP contribution in [0.1, 0.15) is 6.92 Å². The van der Waals surface area contributed by atoms with Gasteiger partial charge in [-0.25, -0.2) is 14.4 Å². The standard InChI is InChI=1S/C7H8O6/c1-4(8)7(12)13-6(11)3-2-5(9)10/h2-4,8H,1H3,(H,9,10)/b3-2+. The first-order valence-electron chi connectivity index (χ1n) is 3.28. The third-order valence-corrected chi connectivity index (χ3v) is 0.904. The topological polar surface area (TPSA) is 101 Å². The molecule has 0 aromatic rings. The number of esters is 2. The lowest BCUT2D eigenvalue weighted by molar-refractivity contribution is -0.162. The van der Waals surface area contributed by atoms with Gasteiger partial charge in [0.1, 0.15) is 6.10 Å². The van der Waals surface area contributed by atoms with E-state index in [0.717, 1.165) is 6.92 Å². The number of aliphatic carboxylic acids is 1. The number of carbonyl (C=O) groups excluding carboxylic acids is 2. The van der Waals surface area contributed by atoms with Crippen molar-refractivity contribution in [3.8, 4) is 0 Å². The average Bonchev–Trinajstić information content (AvgIpc) is 2.00. The number of carbonyl (C=O) groups is 3. The number of aliphatic hydroxyl groups excluding tert-OH is 1. The zero-order valence-electron chi connectivity index (χ0n) is 6.76. The average molecular weight is 188 g/mol.